The second kappa shape index (κ2) is 5.55. The van der Waals surface area contributed by atoms with Gasteiger partial charge in [-0.2, -0.15) is 0 Å². The van der Waals surface area contributed by atoms with Crippen LogP contribution in [0, 0.1) is 0 Å². The molecule has 0 heterocycles. The van der Waals surface area contributed by atoms with Gasteiger partial charge in [0.25, 0.3) is 0 Å². The molecule has 2 aromatic rings. The molecule has 0 atom stereocenters. The van der Waals surface area contributed by atoms with E-state index in [1.165, 1.54) is 42.4 Å². The van der Waals surface area contributed by atoms with Crippen molar-refractivity contribution in [2.24, 2.45) is 0 Å². The second-order valence-corrected chi connectivity index (χ2v) is 7.01. The second-order valence-electron chi connectivity index (χ2n) is 7.01. The van der Waals surface area contributed by atoms with Crippen molar-refractivity contribution in [1.82, 2.24) is 0 Å². The zero-order chi connectivity index (χ0) is 14.9. The predicted molar refractivity (Wildman–Crippen MR) is 88.3 cm³/mol. The van der Waals surface area contributed by atoms with Crippen LogP contribution in [0.25, 0.3) is 0 Å². The lowest BCUT2D eigenvalue weighted by atomic mass is 9.87. The molecule has 0 aromatic heterocycles. The first-order chi connectivity index (χ1) is 10.0. The first kappa shape index (κ1) is 14.2. The first-order valence-corrected chi connectivity index (χ1v) is 7.92. The molecule has 0 bridgehead atoms. The Hall–Kier alpha value is -1.76. The minimum atomic E-state index is 0.185. The fourth-order valence-electron chi connectivity index (χ4n) is 2.93. The molecule has 110 valence electrons. The summed E-state index contributed by atoms with van der Waals surface area (Å²) in [4.78, 5) is 0. The van der Waals surface area contributed by atoms with Crippen molar-refractivity contribution < 1.29 is 4.74 Å². The summed E-state index contributed by atoms with van der Waals surface area (Å²) in [7, 11) is 0. The SMILES string of the molecule is CC(C)(C)c1ccc(Oc2ccc3c(c2)CCCC3)cc1. The van der Waals surface area contributed by atoms with Crippen molar-refractivity contribution in [2.75, 3.05) is 0 Å². The zero-order valence-electron chi connectivity index (χ0n) is 13.3. The summed E-state index contributed by atoms with van der Waals surface area (Å²) in [5, 5.41) is 0. The van der Waals surface area contributed by atoms with E-state index in [9.17, 15) is 0 Å². The largest absolute Gasteiger partial charge is 0.457 e. The number of fused-ring (bicyclic) bond motifs is 1. The molecule has 1 aliphatic rings. The summed E-state index contributed by atoms with van der Waals surface area (Å²) in [5.41, 5.74) is 4.48. The molecule has 0 N–H and O–H groups in total. The Morgan fingerprint density at radius 1 is 0.762 bits per heavy atom. The average Bonchev–Trinajstić information content (AvgIpc) is 2.47. The normalized spacial score (nSPS) is 14.6. The molecule has 0 saturated heterocycles. The Kier molecular flexibility index (Phi) is 3.75. The minimum Gasteiger partial charge on any atom is -0.457 e. The van der Waals surface area contributed by atoms with Crippen molar-refractivity contribution in [1.29, 1.82) is 0 Å². The maximum atomic E-state index is 6.01. The van der Waals surface area contributed by atoms with E-state index >= 15 is 0 Å². The van der Waals surface area contributed by atoms with Crippen LogP contribution < -0.4 is 4.74 Å². The third kappa shape index (κ3) is 3.29. The van der Waals surface area contributed by atoms with Gasteiger partial charge in [0, 0.05) is 0 Å². The number of aryl methyl sites for hydroxylation is 2. The minimum absolute atomic E-state index is 0.185. The average molecular weight is 280 g/mol. The van der Waals surface area contributed by atoms with Crippen molar-refractivity contribution >= 4 is 0 Å². The summed E-state index contributed by atoms with van der Waals surface area (Å²) in [5.74, 6) is 1.87. The molecule has 0 aliphatic heterocycles. The van der Waals surface area contributed by atoms with Crippen molar-refractivity contribution in [3.8, 4) is 11.5 Å². The van der Waals surface area contributed by atoms with Gasteiger partial charge in [0.1, 0.15) is 11.5 Å². The van der Waals surface area contributed by atoms with E-state index in [1.54, 1.807) is 0 Å². The first-order valence-electron chi connectivity index (χ1n) is 7.92. The van der Waals surface area contributed by atoms with Gasteiger partial charge in [-0.25, -0.2) is 0 Å². The van der Waals surface area contributed by atoms with E-state index in [0.29, 0.717) is 0 Å². The van der Waals surface area contributed by atoms with Gasteiger partial charge in [-0.15, -0.1) is 0 Å². The Balaban J connectivity index is 1.77. The van der Waals surface area contributed by atoms with Crippen LogP contribution in [0.2, 0.25) is 0 Å². The van der Waals surface area contributed by atoms with E-state index in [0.717, 1.165) is 11.5 Å². The molecule has 0 unspecified atom stereocenters. The molecule has 1 aliphatic carbocycles. The van der Waals surface area contributed by atoms with E-state index in [4.69, 9.17) is 4.74 Å². The molecule has 3 rings (SSSR count). The highest BCUT2D eigenvalue weighted by Gasteiger charge is 2.13. The molecule has 0 radical (unpaired) electrons. The fraction of sp³-hybridized carbons (Fsp3) is 0.400. The number of ether oxygens (including phenoxy) is 1. The Morgan fingerprint density at radius 2 is 1.38 bits per heavy atom. The van der Waals surface area contributed by atoms with Crippen LogP contribution in [0.5, 0.6) is 11.5 Å². The maximum absolute atomic E-state index is 6.01. The number of hydrogen-bond acceptors (Lipinski definition) is 1. The van der Waals surface area contributed by atoms with E-state index in [1.807, 2.05) is 0 Å². The summed E-state index contributed by atoms with van der Waals surface area (Å²) in [6, 6.07) is 15.0. The summed E-state index contributed by atoms with van der Waals surface area (Å²) in [6.07, 6.45) is 5.03. The number of benzene rings is 2. The highest BCUT2D eigenvalue weighted by molar-refractivity contribution is 5.40. The summed E-state index contributed by atoms with van der Waals surface area (Å²) < 4.78 is 6.01. The summed E-state index contributed by atoms with van der Waals surface area (Å²) in [6.45, 7) is 6.69. The van der Waals surface area contributed by atoms with Gasteiger partial charge >= 0.3 is 0 Å². The van der Waals surface area contributed by atoms with Crippen LogP contribution in [0.1, 0.15) is 50.3 Å². The van der Waals surface area contributed by atoms with Crippen LogP contribution in [-0.4, -0.2) is 0 Å². The Morgan fingerprint density at radius 3 is 2.05 bits per heavy atom. The van der Waals surface area contributed by atoms with Crippen LogP contribution in [0.4, 0.5) is 0 Å². The predicted octanol–water partition coefficient (Wildman–Crippen LogP) is 5.66. The van der Waals surface area contributed by atoms with Gasteiger partial charge in [0.2, 0.25) is 0 Å². The Labute approximate surface area is 128 Å². The molecule has 0 fully saturated rings. The zero-order valence-corrected chi connectivity index (χ0v) is 13.3. The highest BCUT2D eigenvalue weighted by atomic mass is 16.5. The third-order valence-electron chi connectivity index (χ3n) is 4.28. The molecule has 2 aromatic carbocycles. The van der Waals surface area contributed by atoms with E-state index < -0.39 is 0 Å². The summed E-state index contributed by atoms with van der Waals surface area (Å²) >= 11 is 0. The topological polar surface area (TPSA) is 9.23 Å². The molecule has 1 heteroatoms. The van der Waals surface area contributed by atoms with E-state index in [2.05, 4.69) is 63.2 Å². The third-order valence-corrected chi connectivity index (χ3v) is 4.28. The molecule has 21 heavy (non-hydrogen) atoms. The molecular weight excluding hydrogens is 256 g/mol. The van der Waals surface area contributed by atoms with Crippen molar-refractivity contribution in [3.05, 3.63) is 59.2 Å². The van der Waals surface area contributed by atoms with Gasteiger partial charge < -0.3 is 4.74 Å². The van der Waals surface area contributed by atoms with Gasteiger partial charge in [0.15, 0.2) is 0 Å². The van der Waals surface area contributed by atoms with Crippen LogP contribution in [-0.2, 0) is 18.3 Å². The van der Waals surface area contributed by atoms with Gasteiger partial charge in [-0.1, -0.05) is 39.0 Å². The van der Waals surface area contributed by atoms with Crippen LogP contribution in [0.3, 0.4) is 0 Å². The van der Waals surface area contributed by atoms with Crippen LogP contribution >= 0.6 is 0 Å². The molecule has 1 nitrogen and oxygen atoms in total. The van der Waals surface area contributed by atoms with Gasteiger partial charge in [0.05, 0.1) is 0 Å². The smallest absolute Gasteiger partial charge is 0.127 e. The fourth-order valence-corrected chi connectivity index (χ4v) is 2.93. The molecular formula is C20H24O. The van der Waals surface area contributed by atoms with Crippen molar-refractivity contribution in [3.63, 3.8) is 0 Å². The lowest BCUT2D eigenvalue weighted by molar-refractivity contribution is 0.479. The Bertz CT molecular complexity index is 617. The highest BCUT2D eigenvalue weighted by Crippen LogP contribution is 2.30. The van der Waals surface area contributed by atoms with E-state index in [-0.39, 0.29) is 5.41 Å². The number of rotatable bonds is 2. The lowest BCUT2D eigenvalue weighted by Gasteiger charge is -2.19. The molecule has 0 amide bonds. The maximum Gasteiger partial charge on any atom is 0.127 e. The quantitative estimate of drug-likeness (QED) is 0.690. The molecule has 0 spiro atoms. The van der Waals surface area contributed by atoms with Gasteiger partial charge in [-0.3, -0.25) is 0 Å². The monoisotopic (exact) mass is 280 g/mol. The standard InChI is InChI=1S/C20H24O/c1-20(2,3)17-9-12-18(13-10-17)21-19-11-8-15-6-4-5-7-16(15)14-19/h8-14H,4-7H2,1-3H3. The number of hydrogen-bond donors (Lipinski definition) is 0. The lowest BCUT2D eigenvalue weighted by Crippen LogP contribution is -2.10. The van der Waals surface area contributed by atoms with Gasteiger partial charge in [-0.05, 0) is 72.1 Å². The van der Waals surface area contributed by atoms with Crippen LogP contribution in [0.15, 0.2) is 42.5 Å². The van der Waals surface area contributed by atoms with Crippen molar-refractivity contribution in [2.45, 2.75) is 51.9 Å². The molecule has 0 saturated carbocycles.